The van der Waals surface area contributed by atoms with Crippen molar-refractivity contribution in [1.82, 2.24) is 19.8 Å². The first-order valence-corrected chi connectivity index (χ1v) is 13.9. The highest BCUT2D eigenvalue weighted by atomic mass is 19.4. The number of benzene rings is 3. The molecule has 43 heavy (non-hydrogen) atoms. The molecule has 3 aromatic carbocycles. The number of ether oxygens (including phenoxy) is 1. The topological polar surface area (TPSA) is 90.6 Å². The van der Waals surface area contributed by atoms with Gasteiger partial charge in [0.25, 0.3) is 0 Å². The Morgan fingerprint density at radius 2 is 1.95 bits per heavy atom. The SMILES string of the molecule is Cc1cc(-c2ccc3nc(NCC(F)(F)F)[nH]c3c2)cc2c1OCCN(C(=O)N1CCC(=O)CC1c1cccc(F)c1)C2. The Labute approximate surface area is 244 Å². The van der Waals surface area contributed by atoms with Gasteiger partial charge >= 0.3 is 12.2 Å². The molecule has 1 fully saturated rings. The van der Waals surface area contributed by atoms with Crippen LogP contribution in [0.2, 0.25) is 0 Å². The van der Waals surface area contributed by atoms with E-state index in [4.69, 9.17) is 4.74 Å². The summed E-state index contributed by atoms with van der Waals surface area (Å²) in [5.41, 5.74) is 5.01. The second-order valence-electron chi connectivity index (χ2n) is 10.9. The van der Waals surface area contributed by atoms with E-state index in [0.29, 0.717) is 28.9 Å². The molecule has 0 radical (unpaired) electrons. The summed E-state index contributed by atoms with van der Waals surface area (Å²) < 4.78 is 58.0. The molecule has 224 valence electrons. The summed E-state index contributed by atoms with van der Waals surface area (Å²) in [6.07, 6.45) is -4.00. The average molecular weight is 596 g/mol. The number of carbonyl (C=O) groups is 2. The highest BCUT2D eigenvalue weighted by molar-refractivity contribution is 5.85. The van der Waals surface area contributed by atoms with E-state index in [2.05, 4.69) is 15.3 Å². The molecule has 2 aliphatic heterocycles. The molecule has 2 N–H and O–H groups in total. The highest BCUT2D eigenvalue weighted by Gasteiger charge is 2.35. The van der Waals surface area contributed by atoms with Crippen molar-refractivity contribution in [2.24, 2.45) is 0 Å². The molecular weight excluding hydrogens is 566 g/mol. The lowest BCUT2D eigenvalue weighted by molar-refractivity contribution is -0.122. The number of nitrogens with one attached hydrogen (secondary N) is 2. The molecular formula is C31H29F4N5O3. The summed E-state index contributed by atoms with van der Waals surface area (Å²) in [4.78, 5) is 36.7. The van der Waals surface area contributed by atoms with Crippen LogP contribution in [0.5, 0.6) is 5.75 Å². The van der Waals surface area contributed by atoms with Crippen LogP contribution in [0, 0.1) is 12.7 Å². The lowest BCUT2D eigenvalue weighted by Crippen LogP contribution is -2.48. The number of urea groups is 1. The molecule has 6 rings (SSSR count). The number of carbonyl (C=O) groups excluding carboxylic acids is 2. The number of Topliss-reactive ketones (excluding diaryl/α,β-unsaturated/α-hetero) is 1. The Hall–Kier alpha value is -4.61. The number of likely N-dealkylation sites (tertiary alicyclic amines) is 1. The van der Waals surface area contributed by atoms with Crippen molar-refractivity contribution in [1.29, 1.82) is 0 Å². The number of imidazole rings is 1. The van der Waals surface area contributed by atoms with Gasteiger partial charge in [0.2, 0.25) is 5.95 Å². The van der Waals surface area contributed by atoms with Gasteiger partial charge in [-0.3, -0.25) is 4.79 Å². The maximum atomic E-state index is 14.0. The molecule has 8 nitrogen and oxygen atoms in total. The number of anilines is 1. The maximum Gasteiger partial charge on any atom is 0.405 e. The lowest BCUT2D eigenvalue weighted by Gasteiger charge is -2.38. The van der Waals surface area contributed by atoms with Crippen LogP contribution in [0.15, 0.2) is 54.6 Å². The van der Waals surface area contributed by atoms with Crippen molar-refractivity contribution in [2.45, 2.75) is 38.5 Å². The van der Waals surface area contributed by atoms with Crippen molar-refractivity contribution in [2.75, 3.05) is 31.6 Å². The summed E-state index contributed by atoms with van der Waals surface area (Å²) in [5.74, 6) is 0.322. The van der Waals surface area contributed by atoms with E-state index < -0.39 is 24.6 Å². The van der Waals surface area contributed by atoms with Gasteiger partial charge in [-0.25, -0.2) is 14.2 Å². The molecule has 2 amide bonds. The van der Waals surface area contributed by atoms with Gasteiger partial charge in [-0.05, 0) is 65.6 Å². The third kappa shape index (κ3) is 6.13. The van der Waals surface area contributed by atoms with Gasteiger partial charge in [-0.15, -0.1) is 0 Å². The number of piperidine rings is 1. The predicted molar refractivity (Wildman–Crippen MR) is 152 cm³/mol. The number of fused-ring (bicyclic) bond motifs is 2. The Balaban J connectivity index is 1.26. The number of ketones is 1. The van der Waals surface area contributed by atoms with Gasteiger partial charge in [-0.1, -0.05) is 18.2 Å². The largest absolute Gasteiger partial charge is 0.491 e. The Morgan fingerprint density at radius 3 is 2.74 bits per heavy atom. The van der Waals surface area contributed by atoms with Crippen LogP contribution < -0.4 is 10.1 Å². The summed E-state index contributed by atoms with van der Waals surface area (Å²) >= 11 is 0. The summed E-state index contributed by atoms with van der Waals surface area (Å²) in [6.45, 7) is 1.84. The first-order valence-electron chi connectivity index (χ1n) is 13.9. The van der Waals surface area contributed by atoms with Gasteiger partial charge in [0.1, 0.15) is 30.5 Å². The number of hydrogen-bond donors (Lipinski definition) is 2. The van der Waals surface area contributed by atoms with Crippen LogP contribution in [0.3, 0.4) is 0 Å². The number of nitrogens with zero attached hydrogens (tertiary/aromatic N) is 3. The van der Waals surface area contributed by atoms with Crippen molar-refractivity contribution in [3.63, 3.8) is 0 Å². The van der Waals surface area contributed by atoms with Crippen LogP contribution in [0.1, 0.15) is 35.6 Å². The van der Waals surface area contributed by atoms with Gasteiger partial charge in [0.15, 0.2) is 0 Å². The van der Waals surface area contributed by atoms with Crippen molar-refractivity contribution < 1.29 is 31.9 Å². The number of rotatable bonds is 4. The van der Waals surface area contributed by atoms with Crippen LogP contribution >= 0.6 is 0 Å². The van der Waals surface area contributed by atoms with E-state index in [1.807, 2.05) is 31.2 Å². The second kappa shape index (κ2) is 11.2. The number of halogens is 4. The van der Waals surface area contributed by atoms with Crippen LogP contribution in [0.25, 0.3) is 22.2 Å². The smallest absolute Gasteiger partial charge is 0.405 e. The minimum atomic E-state index is -4.37. The number of alkyl halides is 3. The molecule has 4 aromatic rings. The van der Waals surface area contributed by atoms with Crippen LogP contribution in [0.4, 0.5) is 28.3 Å². The number of aromatic amines is 1. The Kier molecular flexibility index (Phi) is 7.45. The first-order chi connectivity index (χ1) is 20.5. The molecule has 1 aromatic heterocycles. The molecule has 2 aliphatic rings. The molecule has 0 spiro atoms. The average Bonchev–Trinajstić information content (AvgIpc) is 3.25. The van der Waals surface area contributed by atoms with Crippen molar-refractivity contribution in [3.05, 3.63) is 77.1 Å². The molecule has 1 atom stereocenters. The second-order valence-corrected chi connectivity index (χ2v) is 10.9. The number of hydrogen-bond acceptors (Lipinski definition) is 5. The summed E-state index contributed by atoms with van der Waals surface area (Å²) in [7, 11) is 0. The molecule has 1 saturated heterocycles. The van der Waals surface area contributed by atoms with E-state index in [9.17, 15) is 27.2 Å². The monoisotopic (exact) mass is 595 g/mol. The number of aryl methyl sites for hydroxylation is 1. The number of amides is 2. The van der Waals surface area contributed by atoms with E-state index in [-0.39, 0.29) is 50.3 Å². The normalized spacial score (nSPS) is 17.4. The third-order valence-electron chi connectivity index (χ3n) is 7.77. The van der Waals surface area contributed by atoms with E-state index in [1.54, 1.807) is 28.0 Å². The molecule has 1 unspecified atom stereocenters. The van der Waals surface area contributed by atoms with Gasteiger partial charge in [-0.2, -0.15) is 13.2 Å². The van der Waals surface area contributed by atoms with Gasteiger partial charge in [0.05, 0.1) is 30.2 Å². The fourth-order valence-corrected chi connectivity index (χ4v) is 5.75. The van der Waals surface area contributed by atoms with Crippen LogP contribution in [-0.4, -0.2) is 64.0 Å². The first kappa shape index (κ1) is 28.5. The third-order valence-corrected chi connectivity index (χ3v) is 7.77. The standard InChI is InChI=1S/C31H29F4N5O3/c1-18-11-21(19-5-6-25-26(14-19)38-29(37-25)36-17-31(33,34)35)12-22-16-39(9-10-43-28(18)22)30(42)40-8-7-24(41)15-27(40)20-3-2-4-23(32)13-20/h2-6,11-14,27H,7-10,15-17H2,1H3,(H2,36,37,38). The zero-order valence-electron chi connectivity index (χ0n) is 23.3. The van der Waals surface area contributed by atoms with Gasteiger partial charge < -0.3 is 24.8 Å². The zero-order valence-corrected chi connectivity index (χ0v) is 23.3. The minimum Gasteiger partial charge on any atom is -0.491 e. The number of aromatic nitrogens is 2. The van der Waals surface area contributed by atoms with Crippen molar-refractivity contribution >= 4 is 28.8 Å². The summed E-state index contributed by atoms with van der Waals surface area (Å²) in [6, 6.07) is 14.5. The van der Waals surface area contributed by atoms with E-state index >= 15 is 0 Å². The summed E-state index contributed by atoms with van der Waals surface area (Å²) in [5, 5.41) is 2.26. The minimum absolute atomic E-state index is 0.0283. The van der Waals surface area contributed by atoms with E-state index in [1.165, 1.54) is 12.1 Å². The Morgan fingerprint density at radius 1 is 1.12 bits per heavy atom. The van der Waals surface area contributed by atoms with E-state index in [0.717, 1.165) is 22.3 Å². The maximum absolute atomic E-state index is 14.0. The fraction of sp³-hybridized carbons (Fsp3) is 0.323. The molecule has 0 aliphatic carbocycles. The quantitative estimate of drug-likeness (QED) is 0.268. The Bertz CT molecular complexity index is 1700. The lowest BCUT2D eigenvalue weighted by atomic mass is 9.94. The zero-order chi connectivity index (χ0) is 30.3. The van der Waals surface area contributed by atoms with Crippen LogP contribution in [-0.2, 0) is 11.3 Å². The molecule has 0 bridgehead atoms. The fourth-order valence-electron chi connectivity index (χ4n) is 5.75. The van der Waals surface area contributed by atoms with Gasteiger partial charge in [0, 0.05) is 24.9 Å². The highest BCUT2D eigenvalue weighted by Crippen LogP contribution is 2.36. The van der Waals surface area contributed by atoms with Crippen molar-refractivity contribution in [3.8, 4) is 16.9 Å². The number of H-pyrrole nitrogens is 1. The molecule has 3 heterocycles. The molecule has 0 saturated carbocycles. The predicted octanol–water partition coefficient (Wildman–Crippen LogP) is 6.37. The molecule has 12 heteroatoms.